The zero-order valence-corrected chi connectivity index (χ0v) is 40.5. The summed E-state index contributed by atoms with van der Waals surface area (Å²) in [5.41, 5.74) is 18.1. The number of rotatable bonds is 3. The van der Waals surface area contributed by atoms with Crippen LogP contribution in [-0.2, 0) is 10.8 Å². The lowest BCUT2D eigenvalue weighted by Gasteiger charge is -2.53. The lowest BCUT2D eigenvalue weighted by atomic mass is 9.49. The van der Waals surface area contributed by atoms with Gasteiger partial charge < -0.3 is 0 Å². The molecule has 11 aromatic rings. The van der Waals surface area contributed by atoms with E-state index in [1.54, 1.807) is 0 Å². The minimum Gasteiger partial charge on any atom is -0.0619 e. The number of hydrogen-bond donors (Lipinski definition) is 0. The third-order valence-corrected chi connectivity index (χ3v) is 16.5. The van der Waals surface area contributed by atoms with Crippen molar-refractivity contribution in [2.45, 2.75) is 66.2 Å². The first kappa shape index (κ1) is 41.0. The topological polar surface area (TPSA) is 0 Å². The van der Waals surface area contributed by atoms with Gasteiger partial charge in [-0.15, -0.1) is 0 Å². The molecule has 13 rings (SSSR count). The van der Waals surface area contributed by atoms with Crippen LogP contribution in [-0.4, -0.2) is 0 Å². The molecule has 0 N–H and O–H groups in total. The van der Waals surface area contributed by atoms with Crippen LogP contribution in [0.25, 0.3) is 109 Å². The van der Waals surface area contributed by atoms with Crippen molar-refractivity contribution in [3.63, 3.8) is 0 Å². The number of hydrogen-bond acceptors (Lipinski definition) is 0. The molecule has 2 aliphatic rings. The van der Waals surface area contributed by atoms with Crippen molar-refractivity contribution < 1.29 is 0 Å². The van der Waals surface area contributed by atoms with Crippen LogP contribution in [0.15, 0.2) is 194 Å². The Hall–Kier alpha value is -7.28. The van der Waals surface area contributed by atoms with E-state index in [2.05, 4.69) is 250 Å². The molecule has 0 nitrogen and oxygen atoms in total. The largest absolute Gasteiger partial charge is 0.0619 e. The maximum Gasteiger partial charge on any atom is 0.0318 e. The molecular weight excluding hydrogens is 817 g/mol. The monoisotopic (exact) mass is 872 g/mol. The summed E-state index contributed by atoms with van der Waals surface area (Å²) in [5, 5.41) is 13.1. The summed E-state index contributed by atoms with van der Waals surface area (Å²) in [7, 11) is 0. The molecule has 0 aliphatic heterocycles. The van der Waals surface area contributed by atoms with Crippen molar-refractivity contribution in [2.24, 2.45) is 10.8 Å². The second kappa shape index (κ2) is 14.1. The van der Waals surface area contributed by atoms with Gasteiger partial charge in [-0.1, -0.05) is 231 Å². The van der Waals surface area contributed by atoms with Crippen LogP contribution >= 0.6 is 0 Å². The highest BCUT2D eigenvalue weighted by Gasteiger charge is 2.59. The van der Waals surface area contributed by atoms with Gasteiger partial charge in [0.15, 0.2) is 0 Å². The van der Waals surface area contributed by atoms with Crippen LogP contribution in [0.4, 0.5) is 0 Å². The van der Waals surface area contributed by atoms with E-state index in [-0.39, 0.29) is 21.7 Å². The fraction of sp³-hybridized carbons (Fsp3) is 0.176. The lowest BCUT2D eigenvalue weighted by Crippen LogP contribution is -2.50. The molecule has 11 aromatic carbocycles. The minimum atomic E-state index is -0.331. The van der Waals surface area contributed by atoms with Gasteiger partial charge >= 0.3 is 0 Å². The Balaban J connectivity index is 1.07. The fourth-order valence-corrected chi connectivity index (χ4v) is 14.2. The predicted molar refractivity (Wildman–Crippen MR) is 293 cm³/mol. The fourth-order valence-electron chi connectivity index (χ4n) is 14.2. The smallest absolute Gasteiger partial charge is 0.0318 e. The molecule has 328 valence electrons. The van der Waals surface area contributed by atoms with E-state index in [9.17, 15) is 0 Å². The summed E-state index contributed by atoms with van der Waals surface area (Å²) in [4.78, 5) is 0. The maximum atomic E-state index is 2.63. The molecule has 0 heteroatoms. The van der Waals surface area contributed by atoms with E-state index in [0.717, 1.165) is 0 Å². The highest BCUT2D eigenvalue weighted by Crippen LogP contribution is 2.69. The summed E-state index contributed by atoms with van der Waals surface area (Å²) < 4.78 is 0. The van der Waals surface area contributed by atoms with Gasteiger partial charge in [-0.05, 0) is 161 Å². The van der Waals surface area contributed by atoms with E-state index in [1.165, 1.54) is 132 Å². The van der Waals surface area contributed by atoms with E-state index in [0.29, 0.717) is 0 Å². The lowest BCUT2D eigenvalue weighted by molar-refractivity contribution is 0.0965. The Labute approximate surface area is 400 Å². The van der Waals surface area contributed by atoms with Gasteiger partial charge in [0.05, 0.1) is 0 Å². The zero-order valence-electron chi connectivity index (χ0n) is 40.5. The van der Waals surface area contributed by atoms with Gasteiger partial charge in [0.1, 0.15) is 0 Å². The Morgan fingerprint density at radius 2 is 0.706 bits per heavy atom. The molecule has 0 bridgehead atoms. The first-order valence-corrected chi connectivity index (χ1v) is 24.6. The molecule has 0 fully saturated rings. The molecule has 0 unspecified atom stereocenters. The SMILES string of the molecule is CC1(C)c2ccccc2-c2ccc(-c3c4ccccc4c(-c4cccc(-c5cc6c(c7ccccc57)-c5c(c7ccccc7c7ccccc57)C6(C(C)(C)C)C(C)(C)C)c4)c4ccccc34)cc21. The molecule has 2 aliphatic carbocycles. The van der Waals surface area contributed by atoms with Crippen LogP contribution in [0, 0.1) is 10.8 Å². The molecule has 0 spiro atoms. The van der Waals surface area contributed by atoms with E-state index in [1.807, 2.05) is 0 Å². The van der Waals surface area contributed by atoms with Gasteiger partial charge in [-0.3, -0.25) is 0 Å². The van der Waals surface area contributed by atoms with Crippen LogP contribution in [0.2, 0.25) is 0 Å². The molecule has 68 heavy (non-hydrogen) atoms. The standard InChI is InChI=1S/C68H56/c1-65(2,3)68(66(4,5)6)59-40-56(46-26-10-12-28-49(46)62(59)63-50-29-13-9-24-44(50)45-25-11-18-34-55(45)64(63)68)41-22-21-23-42(38-41)60-51-30-14-16-32-53(51)61(54-33-17-15-31-52(54)60)43-36-37-48-47-27-19-20-35-57(47)67(7,8)58(48)39-43/h9-40H,1-8H3. The van der Waals surface area contributed by atoms with E-state index < -0.39 is 0 Å². The predicted octanol–water partition coefficient (Wildman–Crippen LogP) is 19.1. The third-order valence-electron chi connectivity index (χ3n) is 16.5. The van der Waals surface area contributed by atoms with Crippen molar-refractivity contribution in [1.29, 1.82) is 0 Å². The normalized spacial score (nSPS) is 14.7. The first-order chi connectivity index (χ1) is 32.8. The molecule has 0 saturated carbocycles. The van der Waals surface area contributed by atoms with E-state index >= 15 is 0 Å². The van der Waals surface area contributed by atoms with Gasteiger partial charge in [-0.25, -0.2) is 0 Å². The summed E-state index contributed by atoms with van der Waals surface area (Å²) in [5.74, 6) is 0. The Kier molecular flexibility index (Phi) is 8.51. The second-order valence-electron chi connectivity index (χ2n) is 22.3. The highest BCUT2D eigenvalue weighted by atomic mass is 14.6. The summed E-state index contributed by atoms with van der Waals surface area (Å²) in [6.07, 6.45) is 0. The Morgan fingerprint density at radius 1 is 0.279 bits per heavy atom. The molecule has 0 saturated heterocycles. The van der Waals surface area contributed by atoms with Crippen LogP contribution in [0.5, 0.6) is 0 Å². The Bertz CT molecular complexity index is 3880. The summed E-state index contributed by atoms with van der Waals surface area (Å²) >= 11 is 0. The zero-order chi connectivity index (χ0) is 46.5. The summed E-state index contributed by atoms with van der Waals surface area (Å²) in [6.45, 7) is 19.7. The quantitative estimate of drug-likeness (QED) is 0.123. The molecule has 0 radical (unpaired) electrons. The number of benzene rings is 11. The van der Waals surface area contributed by atoms with Crippen molar-refractivity contribution in [3.05, 3.63) is 216 Å². The first-order valence-electron chi connectivity index (χ1n) is 24.6. The van der Waals surface area contributed by atoms with Crippen molar-refractivity contribution in [1.82, 2.24) is 0 Å². The van der Waals surface area contributed by atoms with Crippen LogP contribution in [0.3, 0.4) is 0 Å². The molecule has 0 heterocycles. The molecule has 0 amide bonds. The minimum absolute atomic E-state index is 0.0839. The van der Waals surface area contributed by atoms with Gasteiger partial charge in [0.2, 0.25) is 0 Å². The van der Waals surface area contributed by atoms with Gasteiger partial charge in [0, 0.05) is 10.8 Å². The van der Waals surface area contributed by atoms with Crippen LogP contribution in [0.1, 0.15) is 77.6 Å². The molecule has 0 atom stereocenters. The van der Waals surface area contributed by atoms with Crippen molar-refractivity contribution in [2.75, 3.05) is 0 Å². The average molecular weight is 873 g/mol. The van der Waals surface area contributed by atoms with Crippen molar-refractivity contribution >= 4 is 53.9 Å². The Morgan fingerprint density at radius 3 is 1.28 bits per heavy atom. The molecular formula is C68H56. The van der Waals surface area contributed by atoms with E-state index in [4.69, 9.17) is 0 Å². The van der Waals surface area contributed by atoms with Gasteiger partial charge in [-0.2, -0.15) is 0 Å². The highest BCUT2D eigenvalue weighted by molar-refractivity contribution is 6.24. The van der Waals surface area contributed by atoms with Crippen LogP contribution < -0.4 is 0 Å². The third kappa shape index (κ3) is 5.32. The molecule has 0 aromatic heterocycles. The van der Waals surface area contributed by atoms with Gasteiger partial charge in [0.25, 0.3) is 0 Å². The average Bonchev–Trinajstić information content (AvgIpc) is 3.80. The van der Waals surface area contributed by atoms with Crippen molar-refractivity contribution in [3.8, 4) is 55.6 Å². The summed E-state index contributed by atoms with van der Waals surface area (Å²) in [6, 6.07) is 74.1. The maximum absolute atomic E-state index is 2.63. The second-order valence-corrected chi connectivity index (χ2v) is 22.3. The number of fused-ring (bicyclic) bond motifs is 15.